The molecule has 0 saturated carbocycles. The van der Waals surface area contributed by atoms with Gasteiger partial charge in [0.25, 0.3) is 0 Å². The number of rotatable bonds is 3. The highest BCUT2D eigenvalue weighted by Crippen LogP contribution is 2.27. The Labute approximate surface area is 85.3 Å². The summed E-state index contributed by atoms with van der Waals surface area (Å²) in [6.07, 6.45) is 4.54. The van der Waals surface area contributed by atoms with Gasteiger partial charge in [-0.3, -0.25) is 0 Å². The molecule has 78 valence electrons. The van der Waals surface area contributed by atoms with E-state index in [1.54, 1.807) is 0 Å². The summed E-state index contributed by atoms with van der Waals surface area (Å²) in [5.74, 6) is 0.764. The molecule has 0 aliphatic carbocycles. The molecule has 0 spiro atoms. The summed E-state index contributed by atoms with van der Waals surface area (Å²) in [4.78, 5) is 3.30. The average molecular weight is 193 g/mol. The van der Waals surface area contributed by atoms with Crippen molar-refractivity contribution in [2.75, 3.05) is 20.1 Å². The van der Waals surface area contributed by atoms with Gasteiger partial charge in [-0.05, 0) is 51.0 Å². The maximum atomic E-state index is 3.42. The number of aromatic nitrogens is 1. The fraction of sp³-hybridized carbons (Fsp3) is 0.636. The van der Waals surface area contributed by atoms with Gasteiger partial charge < -0.3 is 15.6 Å². The number of nitrogens with one attached hydrogen (secondary N) is 3. The summed E-state index contributed by atoms with van der Waals surface area (Å²) in [6, 6.07) is 4.73. The second kappa shape index (κ2) is 4.62. The fourth-order valence-corrected chi connectivity index (χ4v) is 2.36. The molecule has 3 nitrogen and oxygen atoms in total. The van der Waals surface area contributed by atoms with Crippen molar-refractivity contribution in [1.82, 2.24) is 15.6 Å². The lowest BCUT2D eigenvalue weighted by molar-refractivity contribution is 0.290. The first-order chi connectivity index (χ1) is 6.92. The molecule has 3 N–H and O–H groups in total. The van der Waals surface area contributed by atoms with E-state index in [1.807, 2.05) is 13.2 Å². The summed E-state index contributed by atoms with van der Waals surface area (Å²) >= 11 is 0. The lowest BCUT2D eigenvalue weighted by Crippen LogP contribution is -2.35. The Bertz CT molecular complexity index is 250. The molecule has 2 rings (SSSR count). The van der Waals surface area contributed by atoms with E-state index in [1.165, 1.54) is 18.5 Å². The van der Waals surface area contributed by atoms with Crippen molar-refractivity contribution in [3.05, 3.63) is 24.0 Å². The van der Waals surface area contributed by atoms with Crippen LogP contribution in [0.3, 0.4) is 0 Å². The van der Waals surface area contributed by atoms with Crippen molar-refractivity contribution >= 4 is 0 Å². The normalized spacial score (nSPS) is 20.9. The van der Waals surface area contributed by atoms with Crippen molar-refractivity contribution in [2.24, 2.45) is 5.92 Å². The summed E-state index contributed by atoms with van der Waals surface area (Å²) in [7, 11) is 2.05. The van der Waals surface area contributed by atoms with E-state index in [2.05, 4.69) is 27.8 Å². The van der Waals surface area contributed by atoms with Gasteiger partial charge >= 0.3 is 0 Å². The lowest BCUT2D eigenvalue weighted by Gasteiger charge is -2.29. The van der Waals surface area contributed by atoms with E-state index in [-0.39, 0.29) is 0 Å². The van der Waals surface area contributed by atoms with Crippen LogP contribution in [0.5, 0.6) is 0 Å². The van der Waals surface area contributed by atoms with Crippen LogP contribution < -0.4 is 10.6 Å². The molecular weight excluding hydrogens is 174 g/mol. The molecule has 0 aromatic carbocycles. The predicted octanol–water partition coefficient (Wildman–Crippen LogP) is 1.27. The van der Waals surface area contributed by atoms with Gasteiger partial charge in [0.1, 0.15) is 0 Å². The first kappa shape index (κ1) is 9.74. The van der Waals surface area contributed by atoms with Crippen LogP contribution in [-0.4, -0.2) is 25.1 Å². The zero-order valence-corrected chi connectivity index (χ0v) is 8.72. The summed E-state index contributed by atoms with van der Waals surface area (Å²) in [6.45, 7) is 2.31. The third-order valence-corrected chi connectivity index (χ3v) is 3.12. The van der Waals surface area contributed by atoms with Gasteiger partial charge in [0.15, 0.2) is 0 Å². The SMILES string of the molecule is CNC(c1ccc[nH]1)C1CCNCC1. The second-order valence-corrected chi connectivity index (χ2v) is 3.98. The molecule has 1 aliphatic rings. The van der Waals surface area contributed by atoms with E-state index >= 15 is 0 Å². The molecule has 0 amide bonds. The fourth-order valence-electron chi connectivity index (χ4n) is 2.36. The molecule has 1 saturated heterocycles. The minimum absolute atomic E-state index is 0.493. The molecule has 1 aromatic heterocycles. The number of hydrogen-bond donors (Lipinski definition) is 3. The molecule has 3 heteroatoms. The zero-order valence-electron chi connectivity index (χ0n) is 8.72. The average Bonchev–Trinajstić information content (AvgIpc) is 2.74. The molecule has 0 bridgehead atoms. The quantitative estimate of drug-likeness (QED) is 0.676. The van der Waals surface area contributed by atoms with Gasteiger partial charge in [-0.1, -0.05) is 0 Å². The van der Waals surface area contributed by atoms with E-state index in [0.29, 0.717) is 6.04 Å². The molecule has 14 heavy (non-hydrogen) atoms. The molecule has 1 fully saturated rings. The first-order valence-electron chi connectivity index (χ1n) is 5.43. The smallest absolute Gasteiger partial charge is 0.0499 e. The van der Waals surface area contributed by atoms with Crippen LogP contribution in [0.1, 0.15) is 24.6 Å². The van der Waals surface area contributed by atoms with Crippen LogP contribution in [0, 0.1) is 5.92 Å². The Morgan fingerprint density at radius 2 is 2.21 bits per heavy atom. The summed E-state index contributed by atoms with van der Waals surface area (Å²) < 4.78 is 0. The Morgan fingerprint density at radius 1 is 1.43 bits per heavy atom. The standard InChI is InChI=1S/C11H19N3/c1-12-11(10-3-2-6-14-10)9-4-7-13-8-5-9/h2-3,6,9,11-14H,4-5,7-8H2,1H3. The second-order valence-electron chi connectivity index (χ2n) is 3.98. The van der Waals surface area contributed by atoms with Crippen molar-refractivity contribution in [3.63, 3.8) is 0 Å². The van der Waals surface area contributed by atoms with Crippen molar-refractivity contribution in [1.29, 1.82) is 0 Å². The van der Waals surface area contributed by atoms with Crippen LogP contribution in [0.4, 0.5) is 0 Å². The topological polar surface area (TPSA) is 39.9 Å². The highest BCUT2D eigenvalue weighted by molar-refractivity contribution is 5.10. The summed E-state index contributed by atoms with van der Waals surface area (Å²) in [5, 5.41) is 6.82. The summed E-state index contributed by atoms with van der Waals surface area (Å²) in [5.41, 5.74) is 1.32. The molecular formula is C11H19N3. The van der Waals surface area contributed by atoms with Gasteiger partial charge in [-0.2, -0.15) is 0 Å². The molecule has 1 aromatic rings. The minimum atomic E-state index is 0.493. The molecule has 1 unspecified atom stereocenters. The van der Waals surface area contributed by atoms with Crippen LogP contribution in [-0.2, 0) is 0 Å². The van der Waals surface area contributed by atoms with E-state index < -0.39 is 0 Å². The Kier molecular flexibility index (Phi) is 3.22. The molecule has 1 aliphatic heterocycles. The Hall–Kier alpha value is -0.800. The number of aromatic amines is 1. The van der Waals surface area contributed by atoms with E-state index in [4.69, 9.17) is 0 Å². The van der Waals surface area contributed by atoms with Crippen molar-refractivity contribution < 1.29 is 0 Å². The molecule has 0 radical (unpaired) electrons. The molecule has 2 heterocycles. The van der Waals surface area contributed by atoms with Crippen LogP contribution in [0.15, 0.2) is 18.3 Å². The van der Waals surface area contributed by atoms with Gasteiger partial charge in [0.2, 0.25) is 0 Å². The Balaban J connectivity index is 2.04. The van der Waals surface area contributed by atoms with Gasteiger partial charge in [-0.15, -0.1) is 0 Å². The van der Waals surface area contributed by atoms with Crippen LogP contribution >= 0.6 is 0 Å². The minimum Gasteiger partial charge on any atom is -0.364 e. The maximum absolute atomic E-state index is 3.42. The number of hydrogen-bond acceptors (Lipinski definition) is 2. The van der Waals surface area contributed by atoms with Gasteiger partial charge in [-0.25, -0.2) is 0 Å². The van der Waals surface area contributed by atoms with Crippen molar-refractivity contribution in [2.45, 2.75) is 18.9 Å². The highest BCUT2D eigenvalue weighted by Gasteiger charge is 2.23. The van der Waals surface area contributed by atoms with Crippen molar-refractivity contribution in [3.8, 4) is 0 Å². The maximum Gasteiger partial charge on any atom is 0.0499 e. The Morgan fingerprint density at radius 3 is 2.79 bits per heavy atom. The molecule has 1 atom stereocenters. The lowest BCUT2D eigenvalue weighted by atomic mass is 9.88. The monoisotopic (exact) mass is 193 g/mol. The first-order valence-corrected chi connectivity index (χ1v) is 5.43. The largest absolute Gasteiger partial charge is 0.364 e. The number of piperidine rings is 1. The van der Waals surface area contributed by atoms with Gasteiger partial charge in [0.05, 0.1) is 0 Å². The zero-order chi connectivity index (χ0) is 9.80. The highest BCUT2D eigenvalue weighted by atomic mass is 14.9. The van der Waals surface area contributed by atoms with E-state index in [0.717, 1.165) is 19.0 Å². The third kappa shape index (κ3) is 1.99. The van der Waals surface area contributed by atoms with Crippen LogP contribution in [0.2, 0.25) is 0 Å². The number of H-pyrrole nitrogens is 1. The van der Waals surface area contributed by atoms with Gasteiger partial charge in [0, 0.05) is 17.9 Å². The van der Waals surface area contributed by atoms with Crippen LogP contribution in [0.25, 0.3) is 0 Å². The van der Waals surface area contributed by atoms with E-state index in [9.17, 15) is 0 Å². The predicted molar refractivity (Wildman–Crippen MR) is 58.2 cm³/mol. The third-order valence-electron chi connectivity index (χ3n) is 3.12.